The average molecular weight is 1110 g/mol. The number of hydrogen-bond donors (Lipinski definition) is 4. The van der Waals surface area contributed by atoms with Gasteiger partial charge in [-0.2, -0.15) is 0 Å². The quantitative estimate of drug-likeness (QED) is 0.0608. The van der Waals surface area contributed by atoms with Gasteiger partial charge in [-0.25, -0.2) is 9.97 Å². The van der Waals surface area contributed by atoms with Crippen molar-refractivity contribution in [1.29, 1.82) is 0 Å². The number of fused-ring (bicyclic) bond motifs is 2. The van der Waals surface area contributed by atoms with Crippen molar-refractivity contribution in [3.05, 3.63) is 102 Å². The Hall–Kier alpha value is -6.71. The fourth-order valence-electron chi connectivity index (χ4n) is 13.0. The van der Waals surface area contributed by atoms with E-state index in [4.69, 9.17) is 24.5 Å². The summed E-state index contributed by atoms with van der Waals surface area (Å²) in [5.74, 6) is 0.698. The molecule has 2 saturated carbocycles. The minimum absolute atomic E-state index is 0.00407. The number of benzene rings is 2. The highest BCUT2D eigenvalue weighted by Crippen LogP contribution is 2.42. The third-order valence-electron chi connectivity index (χ3n) is 17.6. The molecule has 6 aliphatic rings. The minimum atomic E-state index is -0.797. The topological polar surface area (TPSA) is 231 Å². The first-order chi connectivity index (χ1) is 38.8. The van der Waals surface area contributed by atoms with Gasteiger partial charge >= 0.3 is 0 Å². The Morgan fingerprint density at radius 2 is 1.56 bits per heavy atom. The predicted octanol–water partition coefficient (Wildman–Crippen LogP) is 7.73. The molecular weight excluding hydrogens is 1030 g/mol. The lowest BCUT2D eigenvalue weighted by molar-refractivity contribution is -0.140. The first kappa shape index (κ1) is 53.9. The number of amides is 1. The van der Waals surface area contributed by atoms with E-state index in [2.05, 4.69) is 81.7 Å². The number of piperazine rings is 1. The number of aromatic nitrogens is 5. The minimum Gasteiger partial charge on any atom is -0.507 e. The maximum absolute atomic E-state index is 14.3. The van der Waals surface area contributed by atoms with Crippen LogP contribution in [0.5, 0.6) is 17.5 Å². The number of aryl methyl sites for hydroxylation is 1. The summed E-state index contributed by atoms with van der Waals surface area (Å²) in [4.78, 5) is 47.1. The normalized spacial score (nSPS) is 25.8. The molecule has 80 heavy (non-hydrogen) atoms. The van der Waals surface area contributed by atoms with Crippen molar-refractivity contribution >= 4 is 40.2 Å². The number of nitrogens with zero attached hydrogens (tertiary/aromatic N) is 9. The molecule has 5 N–H and O–H groups in total. The molecule has 4 saturated heterocycles. The lowest BCUT2D eigenvalue weighted by Gasteiger charge is -2.46. The molecule has 12 rings (SSSR count). The number of hydrogen-bond acceptors (Lipinski definition) is 19. The van der Waals surface area contributed by atoms with Gasteiger partial charge < -0.3 is 54.7 Å². The molecule has 4 aliphatic heterocycles. The fourth-order valence-corrected chi connectivity index (χ4v) is 13.8. The number of phenols is 1. The molecule has 3 unspecified atom stereocenters. The SMILES string of the molecule is Cc1ncsc1-c1ccc([C@H](C)NCC(=O)[C@@H]2C[C@@H](O)CN2C(=O)C(c2cc(O[C@H]3C[C@H](N4CCC(O[C@H]5C[C@H](Oc6cc(N7C8CCC7CN(c7cc(-c9ccccc9O)nnc7N)C8)ccn6)C5)CC4)C3)no2)C(C)C)cc1. The number of para-hydroxylation sites is 1. The van der Waals surface area contributed by atoms with Gasteiger partial charge in [-0.1, -0.05) is 50.2 Å². The van der Waals surface area contributed by atoms with Crippen LogP contribution in [0.4, 0.5) is 17.2 Å². The molecule has 1 amide bonds. The Labute approximate surface area is 470 Å². The van der Waals surface area contributed by atoms with E-state index in [1.807, 2.05) is 57.6 Å². The van der Waals surface area contributed by atoms with Gasteiger partial charge in [0.05, 0.1) is 58.4 Å². The summed E-state index contributed by atoms with van der Waals surface area (Å²) in [5, 5.41) is 37.4. The number of β-amino-alcohol motifs (C(OH)–C–C–N with tert-alkyl or cyclic N) is 1. The number of rotatable bonds is 19. The molecule has 6 fully saturated rings. The number of aliphatic hydroxyl groups is 1. The van der Waals surface area contributed by atoms with Gasteiger partial charge in [0.2, 0.25) is 11.8 Å². The number of nitrogens with two attached hydrogens (primary N) is 1. The molecule has 4 aromatic heterocycles. The summed E-state index contributed by atoms with van der Waals surface area (Å²) < 4.78 is 25.2. The van der Waals surface area contributed by atoms with Crippen LogP contribution in [0, 0.1) is 12.8 Å². The zero-order valence-corrected chi connectivity index (χ0v) is 46.8. The summed E-state index contributed by atoms with van der Waals surface area (Å²) in [5.41, 5.74) is 14.6. The molecule has 20 heteroatoms. The van der Waals surface area contributed by atoms with Gasteiger partial charge in [0, 0.05) is 119 Å². The second-order valence-corrected chi connectivity index (χ2v) is 24.1. The van der Waals surface area contributed by atoms with E-state index in [0.29, 0.717) is 52.7 Å². The van der Waals surface area contributed by atoms with E-state index in [1.54, 1.807) is 29.5 Å². The number of thiazole rings is 1. The molecule has 19 nitrogen and oxygen atoms in total. The Balaban J connectivity index is 0.561. The highest BCUT2D eigenvalue weighted by Gasteiger charge is 2.45. The molecule has 0 radical (unpaired) electrons. The van der Waals surface area contributed by atoms with Gasteiger partial charge in [-0.15, -0.1) is 21.5 Å². The molecular formula is C60H73N11O8S. The molecule has 2 bridgehead atoms. The van der Waals surface area contributed by atoms with Crippen molar-refractivity contribution in [3.8, 4) is 39.2 Å². The number of aromatic hydroxyl groups is 1. The number of likely N-dealkylation sites (tertiary alicyclic amines) is 2. The van der Waals surface area contributed by atoms with Crippen LogP contribution in [0.25, 0.3) is 21.7 Å². The van der Waals surface area contributed by atoms with Gasteiger partial charge in [0.25, 0.3) is 5.88 Å². The molecule has 2 aliphatic carbocycles. The van der Waals surface area contributed by atoms with E-state index >= 15 is 0 Å². The van der Waals surface area contributed by atoms with Gasteiger partial charge in [0.15, 0.2) is 17.4 Å². The summed E-state index contributed by atoms with van der Waals surface area (Å²) in [7, 11) is 0. The largest absolute Gasteiger partial charge is 0.507 e. The number of carbonyl (C=O) groups excluding carboxylic acids is 2. The van der Waals surface area contributed by atoms with E-state index in [1.165, 1.54) is 4.90 Å². The highest BCUT2D eigenvalue weighted by atomic mass is 32.1. The number of ketones is 1. The van der Waals surface area contributed by atoms with Crippen molar-refractivity contribution in [2.24, 2.45) is 5.92 Å². The van der Waals surface area contributed by atoms with Crippen molar-refractivity contribution in [2.75, 3.05) is 54.8 Å². The maximum Gasteiger partial charge on any atom is 0.254 e. The van der Waals surface area contributed by atoms with Crippen LogP contribution in [-0.2, 0) is 14.3 Å². The number of phenolic OH excluding ortho intramolecular Hbond substituents is 1. The monoisotopic (exact) mass is 1110 g/mol. The number of Topliss-reactive ketones (excluding diaryl/α,β-unsaturated/α-hetero) is 1. The van der Waals surface area contributed by atoms with Crippen LogP contribution in [0.15, 0.2) is 89.0 Å². The number of anilines is 3. The second-order valence-electron chi connectivity index (χ2n) is 23.3. The van der Waals surface area contributed by atoms with Crippen LogP contribution < -0.4 is 30.3 Å². The number of aliphatic hydroxyl groups excluding tert-OH is 1. The van der Waals surface area contributed by atoms with Gasteiger partial charge in [0.1, 0.15) is 23.9 Å². The molecule has 8 heterocycles. The first-order valence-corrected chi connectivity index (χ1v) is 29.5. The number of piperidine rings is 1. The highest BCUT2D eigenvalue weighted by molar-refractivity contribution is 7.13. The van der Waals surface area contributed by atoms with Crippen LogP contribution in [0.2, 0.25) is 0 Å². The van der Waals surface area contributed by atoms with Crippen molar-refractivity contribution < 1.29 is 38.5 Å². The first-order valence-electron chi connectivity index (χ1n) is 28.6. The van der Waals surface area contributed by atoms with Crippen LogP contribution in [-0.4, -0.2) is 151 Å². The second kappa shape index (κ2) is 23.0. The summed E-state index contributed by atoms with van der Waals surface area (Å²) in [6, 6.07) is 23.4. The van der Waals surface area contributed by atoms with Crippen molar-refractivity contribution in [1.82, 2.24) is 40.4 Å². The van der Waals surface area contributed by atoms with Crippen LogP contribution >= 0.6 is 11.3 Å². The van der Waals surface area contributed by atoms with Crippen LogP contribution in [0.3, 0.4) is 0 Å². The number of nitrogen functional groups attached to an aromatic ring is 1. The molecule has 422 valence electrons. The predicted molar refractivity (Wildman–Crippen MR) is 304 cm³/mol. The molecule has 2 aromatic carbocycles. The van der Waals surface area contributed by atoms with E-state index in [-0.39, 0.29) is 73.3 Å². The Morgan fingerprint density at radius 1 is 0.825 bits per heavy atom. The standard InChI is InChI=1S/C60H73N11O8S/c1-34(2)57(60(75)70-32-43(72)24-50(70)53(74)29-63-35(3)37-9-11-38(12-10-37)58-36(4)64-33-80-58)54-28-56(67-79-54)78-45-21-42(22-45)68-19-16-44(17-20-68)76-46-25-47(26-46)77-55-23-39(15-18-62-55)71-40-13-14-41(71)31-69(30-40)51-27-49(65-66-59(51)61)48-7-5-6-8-52(48)73/h5-12,15,18,23,27-28,33-35,40-47,50,57,63,72-73H,13-14,16-17,19-22,24-26,29-32H2,1-4H3,(H2,61,66)/t35-,40?,41?,42-,43+,45-,46-,47-,50-,57?/m0/s1. The Morgan fingerprint density at radius 3 is 2.29 bits per heavy atom. The van der Waals surface area contributed by atoms with Crippen molar-refractivity contribution in [3.63, 3.8) is 0 Å². The zero-order valence-electron chi connectivity index (χ0n) is 46.0. The van der Waals surface area contributed by atoms with Crippen molar-refractivity contribution in [2.45, 2.75) is 152 Å². The number of pyridine rings is 1. The smallest absolute Gasteiger partial charge is 0.254 e. The number of carbonyl (C=O) groups is 2. The summed E-state index contributed by atoms with van der Waals surface area (Å²) in [6.07, 6.45) is 9.31. The molecule has 6 aromatic rings. The van der Waals surface area contributed by atoms with Crippen LogP contribution in [0.1, 0.15) is 108 Å². The summed E-state index contributed by atoms with van der Waals surface area (Å²) in [6.45, 7) is 11.6. The van der Waals surface area contributed by atoms with E-state index in [9.17, 15) is 19.8 Å². The summed E-state index contributed by atoms with van der Waals surface area (Å²) >= 11 is 1.61. The lowest BCUT2D eigenvalue weighted by Crippen LogP contribution is -2.54. The third kappa shape index (κ3) is 11.3. The maximum atomic E-state index is 14.3. The molecule has 0 spiro atoms. The van der Waals surface area contributed by atoms with Gasteiger partial charge in [-0.05, 0) is 86.0 Å². The number of ether oxygens (including phenoxy) is 3. The Bertz CT molecular complexity index is 3120. The Kier molecular flexibility index (Phi) is 15.5. The zero-order chi connectivity index (χ0) is 55.2. The average Bonchev–Trinajstić information content (AvgIpc) is 4.31. The number of nitrogens with one attached hydrogen (secondary N) is 1. The van der Waals surface area contributed by atoms with E-state index in [0.717, 1.165) is 111 Å². The van der Waals surface area contributed by atoms with E-state index < -0.39 is 18.1 Å². The molecule has 6 atom stereocenters. The fraction of sp³-hybridized carbons (Fsp3) is 0.517. The van der Waals surface area contributed by atoms with Gasteiger partial charge in [-0.3, -0.25) is 14.5 Å². The lowest BCUT2D eigenvalue weighted by atomic mass is 9.86. The third-order valence-corrected chi connectivity index (χ3v) is 18.6.